The molecule has 17 heavy (non-hydrogen) atoms. The molecule has 3 N–H and O–H groups in total. The second-order valence-electron chi connectivity index (χ2n) is 5.50. The predicted octanol–water partition coefficient (Wildman–Crippen LogP) is 0.818. The van der Waals surface area contributed by atoms with Crippen LogP contribution in [-0.2, 0) is 4.79 Å². The number of hydrogen-bond acceptors (Lipinski definition) is 3. The van der Waals surface area contributed by atoms with Crippen molar-refractivity contribution in [2.24, 2.45) is 17.6 Å². The Morgan fingerprint density at radius 3 is 2.35 bits per heavy atom. The van der Waals surface area contributed by atoms with E-state index in [-0.39, 0.29) is 17.9 Å². The third kappa shape index (κ3) is 4.64. The van der Waals surface area contributed by atoms with Gasteiger partial charge < -0.3 is 16.0 Å². The molecular weight excluding hydrogens is 214 g/mol. The minimum Gasteiger partial charge on any atom is -0.352 e. The van der Waals surface area contributed by atoms with Crippen molar-refractivity contribution in [3.8, 4) is 0 Å². The van der Waals surface area contributed by atoms with Crippen LogP contribution < -0.4 is 11.1 Å². The monoisotopic (exact) mass is 241 g/mol. The Morgan fingerprint density at radius 1 is 1.29 bits per heavy atom. The van der Waals surface area contributed by atoms with Crippen LogP contribution in [0.2, 0.25) is 0 Å². The molecule has 1 heterocycles. The van der Waals surface area contributed by atoms with E-state index < -0.39 is 0 Å². The van der Waals surface area contributed by atoms with Gasteiger partial charge in [-0.15, -0.1) is 0 Å². The maximum Gasteiger partial charge on any atom is 0.224 e. The summed E-state index contributed by atoms with van der Waals surface area (Å²) < 4.78 is 0. The fourth-order valence-corrected chi connectivity index (χ4v) is 2.43. The van der Waals surface area contributed by atoms with E-state index in [0.717, 1.165) is 6.54 Å². The Kier molecular flexibility index (Phi) is 5.92. The molecule has 0 bridgehead atoms. The Bertz CT molecular complexity index is 237. The molecule has 2 unspecified atom stereocenters. The zero-order valence-corrected chi connectivity index (χ0v) is 11.4. The van der Waals surface area contributed by atoms with Gasteiger partial charge in [-0.05, 0) is 38.8 Å². The first-order valence-corrected chi connectivity index (χ1v) is 6.77. The van der Waals surface area contributed by atoms with Crippen molar-refractivity contribution in [3.63, 3.8) is 0 Å². The van der Waals surface area contributed by atoms with Crippen molar-refractivity contribution in [2.75, 3.05) is 26.2 Å². The lowest BCUT2D eigenvalue weighted by atomic mass is 9.95. The predicted molar refractivity (Wildman–Crippen MR) is 70.7 cm³/mol. The molecule has 1 rings (SSSR count). The summed E-state index contributed by atoms with van der Waals surface area (Å²) >= 11 is 0. The van der Waals surface area contributed by atoms with Crippen LogP contribution >= 0.6 is 0 Å². The number of likely N-dealkylation sites (tertiary alicyclic amines) is 1. The summed E-state index contributed by atoms with van der Waals surface area (Å²) in [7, 11) is 0. The number of nitrogens with two attached hydrogens (primary N) is 1. The third-order valence-corrected chi connectivity index (χ3v) is 3.51. The van der Waals surface area contributed by atoms with E-state index in [4.69, 9.17) is 5.73 Å². The van der Waals surface area contributed by atoms with E-state index in [2.05, 4.69) is 17.1 Å². The van der Waals surface area contributed by atoms with Crippen molar-refractivity contribution in [2.45, 2.75) is 39.7 Å². The largest absolute Gasteiger partial charge is 0.352 e. The van der Waals surface area contributed by atoms with Gasteiger partial charge >= 0.3 is 0 Å². The molecule has 4 nitrogen and oxygen atoms in total. The van der Waals surface area contributed by atoms with Crippen LogP contribution in [0.1, 0.15) is 33.6 Å². The number of hydrogen-bond donors (Lipinski definition) is 2. The van der Waals surface area contributed by atoms with Crippen LogP contribution in [0.15, 0.2) is 0 Å². The summed E-state index contributed by atoms with van der Waals surface area (Å²) in [5.74, 6) is 0.351. The normalized spacial score (nSPS) is 20.5. The maximum atomic E-state index is 12.0. The number of rotatable bonds is 6. The fraction of sp³-hybridized carbons (Fsp3) is 0.923. The maximum absolute atomic E-state index is 12.0. The van der Waals surface area contributed by atoms with Gasteiger partial charge in [0.05, 0.1) is 5.92 Å². The fourth-order valence-electron chi connectivity index (χ4n) is 2.43. The van der Waals surface area contributed by atoms with Gasteiger partial charge in [0.15, 0.2) is 0 Å². The van der Waals surface area contributed by atoms with Crippen LogP contribution in [0.5, 0.6) is 0 Å². The molecule has 1 aliphatic rings. The smallest absolute Gasteiger partial charge is 0.224 e. The van der Waals surface area contributed by atoms with E-state index in [1.807, 2.05) is 13.8 Å². The molecule has 4 heteroatoms. The molecule has 1 saturated heterocycles. The summed E-state index contributed by atoms with van der Waals surface area (Å²) in [6.45, 7) is 9.89. The van der Waals surface area contributed by atoms with Crippen molar-refractivity contribution in [1.82, 2.24) is 10.2 Å². The van der Waals surface area contributed by atoms with Gasteiger partial charge in [0.1, 0.15) is 0 Å². The summed E-state index contributed by atoms with van der Waals surface area (Å²) in [4.78, 5) is 14.4. The Morgan fingerprint density at radius 2 is 1.88 bits per heavy atom. The van der Waals surface area contributed by atoms with Crippen LogP contribution in [0.4, 0.5) is 0 Å². The summed E-state index contributed by atoms with van der Waals surface area (Å²) in [6.07, 6.45) is 2.58. The van der Waals surface area contributed by atoms with E-state index in [1.165, 1.54) is 25.9 Å². The van der Waals surface area contributed by atoms with Crippen LogP contribution in [0, 0.1) is 11.8 Å². The highest BCUT2D eigenvalue weighted by Crippen LogP contribution is 2.11. The highest BCUT2D eigenvalue weighted by Gasteiger charge is 2.22. The Labute approximate surface area is 105 Å². The lowest BCUT2D eigenvalue weighted by molar-refractivity contribution is -0.126. The van der Waals surface area contributed by atoms with Gasteiger partial charge in [-0.1, -0.05) is 13.8 Å². The van der Waals surface area contributed by atoms with E-state index in [1.54, 1.807) is 0 Å². The standard InChI is InChI=1S/C13H27N3O/c1-10(2)12(8-14)13(17)15-11(3)9-16-6-4-5-7-16/h10-12H,4-9,14H2,1-3H3,(H,15,17). The average Bonchev–Trinajstić information content (AvgIpc) is 2.70. The van der Waals surface area contributed by atoms with Gasteiger partial charge in [0.2, 0.25) is 5.91 Å². The lowest BCUT2D eigenvalue weighted by Gasteiger charge is -2.24. The molecule has 100 valence electrons. The first kappa shape index (κ1) is 14.5. The molecule has 0 spiro atoms. The molecule has 0 aromatic heterocycles. The van der Waals surface area contributed by atoms with Crippen LogP contribution in [0.3, 0.4) is 0 Å². The van der Waals surface area contributed by atoms with Crippen molar-refractivity contribution >= 4 is 5.91 Å². The van der Waals surface area contributed by atoms with E-state index in [0.29, 0.717) is 12.5 Å². The molecule has 0 aliphatic carbocycles. The topological polar surface area (TPSA) is 58.4 Å². The van der Waals surface area contributed by atoms with Crippen molar-refractivity contribution < 1.29 is 4.79 Å². The number of carbonyl (C=O) groups excluding carboxylic acids is 1. The third-order valence-electron chi connectivity index (χ3n) is 3.51. The number of amides is 1. The second kappa shape index (κ2) is 6.97. The van der Waals surface area contributed by atoms with Gasteiger partial charge in [0, 0.05) is 19.1 Å². The minimum atomic E-state index is -0.0592. The second-order valence-corrected chi connectivity index (χ2v) is 5.50. The number of nitrogens with zero attached hydrogens (tertiary/aromatic N) is 1. The Balaban J connectivity index is 2.33. The summed E-state index contributed by atoms with van der Waals surface area (Å²) in [6, 6.07) is 0.216. The molecule has 2 atom stereocenters. The summed E-state index contributed by atoms with van der Waals surface area (Å²) in [5, 5.41) is 3.08. The SMILES string of the molecule is CC(CN1CCCC1)NC(=O)C(CN)C(C)C. The summed E-state index contributed by atoms with van der Waals surface area (Å²) in [5.41, 5.74) is 5.64. The molecule has 1 aliphatic heterocycles. The quantitative estimate of drug-likeness (QED) is 0.724. The van der Waals surface area contributed by atoms with E-state index >= 15 is 0 Å². The minimum absolute atomic E-state index is 0.0592. The molecule has 0 saturated carbocycles. The average molecular weight is 241 g/mol. The zero-order chi connectivity index (χ0) is 12.8. The number of carbonyl (C=O) groups is 1. The lowest BCUT2D eigenvalue weighted by Crippen LogP contribution is -2.46. The Hall–Kier alpha value is -0.610. The van der Waals surface area contributed by atoms with Crippen LogP contribution in [0.25, 0.3) is 0 Å². The zero-order valence-electron chi connectivity index (χ0n) is 11.4. The van der Waals surface area contributed by atoms with Gasteiger partial charge in [-0.2, -0.15) is 0 Å². The first-order valence-electron chi connectivity index (χ1n) is 6.77. The molecule has 0 aromatic rings. The van der Waals surface area contributed by atoms with E-state index in [9.17, 15) is 4.79 Å². The molecule has 0 aromatic carbocycles. The van der Waals surface area contributed by atoms with Gasteiger partial charge in [-0.25, -0.2) is 0 Å². The van der Waals surface area contributed by atoms with Crippen molar-refractivity contribution in [1.29, 1.82) is 0 Å². The van der Waals surface area contributed by atoms with Gasteiger partial charge in [-0.3, -0.25) is 4.79 Å². The first-order chi connectivity index (χ1) is 8.04. The highest BCUT2D eigenvalue weighted by molar-refractivity contribution is 5.79. The molecule has 1 fully saturated rings. The highest BCUT2D eigenvalue weighted by atomic mass is 16.2. The molecule has 0 radical (unpaired) electrons. The molecule has 1 amide bonds. The molecular formula is C13H27N3O. The van der Waals surface area contributed by atoms with Crippen LogP contribution in [-0.4, -0.2) is 43.0 Å². The number of nitrogens with one attached hydrogen (secondary N) is 1. The van der Waals surface area contributed by atoms with Gasteiger partial charge in [0.25, 0.3) is 0 Å². The van der Waals surface area contributed by atoms with Crippen molar-refractivity contribution in [3.05, 3.63) is 0 Å².